The van der Waals surface area contributed by atoms with Gasteiger partial charge in [0.1, 0.15) is 0 Å². The van der Waals surface area contributed by atoms with Crippen LogP contribution < -0.4 is 5.73 Å². The molecule has 0 saturated heterocycles. The van der Waals surface area contributed by atoms with Gasteiger partial charge in [0.2, 0.25) is 10.0 Å². The first-order valence-corrected chi connectivity index (χ1v) is 7.55. The van der Waals surface area contributed by atoms with Crippen molar-refractivity contribution in [2.75, 3.05) is 13.6 Å². The lowest BCUT2D eigenvalue weighted by Gasteiger charge is -2.19. The van der Waals surface area contributed by atoms with Crippen LogP contribution in [-0.4, -0.2) is 26.3 Å². The molecular weight excluding hydrogens is 248 g/mol. The summed E-state index contributed by atoms with van der Waals surface area (Å²) in [6.45, 7) is 6.57. The maximum absolute atomic E-state index is 12.4. The molecule has 0 radical (unpaired) electrons. The molecule has 102 valence electrons. The summed E-state index contributed by atoms with van der Waals surface area (Å²) in [4.78, 5) is 0.374. The highest BCUT2D eigenvalue weighted by Crippen LogP contribution is 2.23. The van der Waals surface area contributed by atoms with E-state index < -0.39 is 10.0 Å². The third kappa shape index (κ3) is 2.91. The highest BCUT2D eigenvalue weighted by Gasteiger charge is 2.23. The standard InChI is InChI=1S/C13H22N2O2S/c1-5-6-15(4)18(16,17)13-8-12(9-14)7-10(2)11(13)3/h7-8H,5-6,9,14H2,1-4H3. The maximum Gasteiger partial charge on any atom is 0.243 e. The summed E-state index contributed by atoms with van der Waals surface area (Å²) in [6, 6.07) is 3.62. The Kier molecular flexibility index (Phi) is 4.90. The minimum absolute atomic E-state index is 0.348. The molecule has 1 rings (SSSR count). The summed E-state index contributed by atoms with van der Waals surface area (Å²) in [5.41, 5.74) is 8.22. The average molecular weight is 270 g/mol. The van der Waals surface area contributed by atoms with Crippen molar-refractivity contribution in [3.63, 3.8) is 0 Å². The molecule has 0 heterocycles. The Balaban J connectivity index is 3.36. The van der Waals surface area contributed by atoms with E-state index in [1.165, 1.54) is 4.31 Å². The molecule has 4 nitrogen and oxygen atoms in total. The average Bonchev–Trinajstić information content (AvgIpc) is 2.32. The van der Waals surface area contributed by atoms with Gasteiger partial charge in [0.25, 0.3) is 0 Å². The molecule has 0 bridgehead atoms. The number of sulfonamides is 1. The Morgan fingerprint density at radius 3 is 2.39 bits per heavy atom. The van der Waals surface area contributed by atoms with Crippen LogP contribution in [-0.2, 0) is 16.6 Å². The molecule has 0 spiro atoms. The van der Waals surface area contributed by atoms with Crippen molar-refractivity contribution in [2.24, 2.45) is 5.73 Å². The summed E-state index contributed by atoms with van der Waals surface area (Å²) in [5, 5.41) is 0. The van der Waals surface area contributed by atoms with Crippen molar-refractivity contribution in [1.29, 1.82) is 0 Å². The Labute approximate surface area is 110 Å². The smallest absolute Gasteiger partial charge is 0.243 e. The fourth-order valence-electron chi connectivity index (χ4n) is 1.89. The van der Waals surface area contributed by atoms with Crippen molar-refractivity contribution < 1.29 is 8.42 Å². The van der Waals surface area contributed by atoms with Gasteiger partial charge in [0.05, 0.1) is 4.90 Å². The largest absolute Gasteiger partial charge is 0.326 e. The highest BCUT2D eigenvalue weighted by atomic mass is 32.2. The predicted octanol–water partition coefficient (Wildman–Crippen LogP) is 1.79. The Morgan fingerprint density at radius 2 is 1.89 bits per heavy atom. The van der Waals surface area contributed by atoms with Gasteiger partial charge in [-0.3, -0.25) is 0 Å². The van der Waals surface area contributed by atoms with Crippen LogP contribution >= 0.6 is 0 Å². The zero-order valence-electron chi connectivity index (χ0n) is 11.5. The summed E-state index contributed by atoms with van der Waals surface area (Å²) < 4.78 is 26.3. The van der Waals surface area contributed by atoms with Gasteiger partial charge in [-0.2, -0.15) is 0 Å². The first kappa shape index (κ1) is 15.1. The number of benzene rings is 1. The minimum atomic E-state index is -3.41. The van der Waals surface area contributed by atoms with Gasteiger partial charge < -0.3 is 5.73 Å². The lowest BCUT2D eigenvalue weighted by atomic mass is 10.1. The van der Waals surface area contributed by atoms with E-state index in [4.69, 9.17) is 5.73 Å². The quantitative estimate of drug-likeness (QED) is 0.887. The van der Waals surface area contributed by atoms with E-state index in [2.05, 4.69) is 0 Å². The topological polar surface area (TPSA) is 63.4 Å². The summed E-state index contributed by atoms with van der Waals surface area (Å²) in [7, 11) is -1.80. The van der Waals surface area contributed by atoms with Gasteiger partial charge in [0.15, 0.2) is 0 Å². The number of aryl methyl sites for hydroxylation is 1. The fourth-order valence-corrected chi connectivity index (χ4v) is 3.49. The van der Waals surface area contributed by atoms with Gasteiger partial charge in [0, 0.05) is 20.1 Å². The van der Waals surface area contributed by atoms with Gasteiger partial charge in [-0.05, 0) is 43.0 Å². The van der Waals surface area contributed by atoms with Crippen LogP contribution in [0.1, 0.15) is 30.0 Å². The SMILES string of the molecule is CCCN(C)S(=O)(=O)c1cc(CN)cc(C)c1C. The van der Waals surface area contributed by atoms with Crippen LogP contribution in [0.3, 0.4) is 0 Å². The molecule has 0 amide bonds. The van der Waals surface area contributed by atoms with Crippen LogP contribution in [0.25, 0.3) is 0 Å². The van der Waals surface area contributed by atoms with Crippen molar-refractivity contribution in [2.45, 2.75) is 38.6 Å². The molecular formula is C13H22N2O2S. The van der Waals surface area contributed by atoms with E-state index in [-0.39, 0.29) is 0 Å². The van der Waals surface area contributed by atoms with Gasteiger partial charge in [-0.25, -0.2) is 12.7 Å². The molecule has 0 aliphatic carbocycles. The Morgan fingerprint density at radius 1 is 1.28 bits per heavy atom. The normalized spacial score (nSPS) is 12.1. The van der Waals surface area contributed by atoms with E-state index >= 15 is 0 Å². The first-order chi connectivity index (χ1) is 8.34. The van der Waals surface area contributed by atoms with Crippen molar-refractivity contribution >= 4 is 10.0 Å². The number of hydrogen-bond acceptors (Lipinski definition) is 3. The fraction of sp³-hybridized carbons (Fsp3) is 0.538. The van der Waals surface area contributed by atoms with E-state index in [0.717, 1.165) is 23.1 Å². The molecule has 0 fully saturated rings. The molecule has 0 aromatic heterocycles. The van der Waals surface area contributed by atoms with E-state index in [1.807, 2.05) is 26.8 Å². The van der Waals surface area contributed by atoms with Crippen LogP contribution in [0.4, 0.5) is 0 Å². The Hall–Kier alpha value is -0.910. The van der Waals surface area contributed by atoms with Crippen molar-refractivity contribution in [3.8, 4) is 0 Å². The number of nitrogens with zero attached hydrogens (tertiary/aromatic N) is 1. The number of rotatable bonds is 5. The van der Waals surface area contributed by atoms with E-state index in [9.17, 15) is 8.42 Å². The molecule has 0 aliphatic rings. The summed E-state index contributed by atoms with van der Waals surface area (Å²) >= 11 is 0. The molecule has 1 aromatic rings. The zero-order valence-corrected chi connectivity index (χ0v) is 12.3. The summed E-state index contributed by atoms with van der Waals surface area (Å²) in [6.07, 6.45) is 0.796. The van der Waals surface area contributed by atoms with Crippen LogP contribution in [0.2, 0.25) is 0 Å². The minimum Gasteiger partial charge on any atom is -0.326 e. The monoisotopic (exact) mass is 270 g/mol. The molecule has 2 N–H and O–H groups in total. The van der Waals surface area contributed by atoms with E-state index in [0.29, 0.717) is 18.0 Å². The highest BCUT2D eigenvalue weighted by molar-refractivity contribution is 7.89. The second-order valence-electron chi connectivity index (χ2n) is 4.57. The van der Waals surface area contributed by atoms with Gasteiger partial charge in [-0.1, -0.05) is 13.0 Å². The first-order valence-electron chi connectivity index (χ1n) is 6.11. The molecule has 0 atom stereocenters. The molecule has 0 unspecified atom stereocenters. The molecule has 5 heteroatoms. The molecule has 0 saturated carbocycles. The maximum atomic E-state index is 12.4. The second-order valence-corrected chi connectivity index (χ2v) is 6.58. The van der Waals surface area contributed by atoms with Crippen LogP contribution in [0.15, 0.2) is 17.0 Å². The third-order valence-corrected chi connectivity index (χ3v) is 5.12. The van der Waals surface area contributed by atoms with Gasteiger partial charge >= 0.3 is 0 Å². The lowest BCUT2D eigenvalue weighted by molar-refractivity contribution is 0.468. The number of nitrogens with two attached hydrogens (primary N) is 1. The second kappa shape index (κ2) is 5.82. The van der Waals surface area contributed by atoms with Crippen LogP contribution in [0.5, 0.6) is 0 Å². The Bertz CT molecular complexity index is 524. The zero-order chi connectivity index (χ0) is 13.9. The van der Waals surface area contributed by atoms with Crippen LogP contribution in [0, 0.1) is 13.8 Å². The predicted molar refractivity (Wildman–Crippen MR) is 73.9 cm³/mol. The number of hydrogen-bond donors (Lipinski definition) is 1. The van der Waals surface area contributed by atoms with E-state index in [1.54, 1.807) is 13.1 Å². The summed E-state index contributed by atoms with van der Waals surface area (Å²) in [5.74, 6) is 0. The molecule has 0 aliphatic heterocycles. The third-order valence-electron chi connectivity index (χ3n) is 3.14. The van der Waals surface area contributed by atoms with Crippen molar-refractivity contribution in [3.05, 3.63) is 28.8 Å². The molecule has 18 heavy (non-hydrogen) atoms. The molecule has 1 aromatic carbocycles. The van der Waals surface area contributed by atoms with Gasteiger partial charge in [-0.15, -0.1) is 0 Å². The van der Waals surface area contributed by atoms with Crippen molar-refractivity contribution in [1.82, 2.24) is 4.31 Å². The lowest BCUT2D eigenvalue weighted by Crippen LogP contribution is -2.28.